The molecule has 2 rings (SSSR count). The summed E-state index contributed by atoms with van der Waals surface area (Å²) in [5, 5.41) is 6.14. The molecule has 1 aromatic heterocycles. The molecule has 94 valence electrons. The summed E-state index contributed by atoms with van der Waals surface area (Å²) in [5.74, 6) is -0.264. The summed E-state index contributed by atoms with van der Waals surface area (Å²) in [5.41, 5.74) is 5.87. The van der Waals surface area contributed by atoms with Gasteiger partial charge in [-0.15, -0.1) is 0 Å². The van der Waals surface area contributed by atoms with Crippen LogP contribution in [-0.4, -0.2) is 16.0 Å². The molecule has 6 nitrogen and oxygen atoms in total. The predicted molar refractivity (Wildman–Crippen MR) is 61.0 cm³/mol. The lowest BCUT2D eigenvalue weighted by atomic mass is 10.1. The summed E-state index contributed by atoms with van der Waals surface area (Å²) in [4.78, 5) is 15.7. The van der Waals surface area contributed by atoms with Crippen LogP contribution in [0.15, 0.2) is 22.7 Å². The topological polar surface area (TPSA) is 94.0 Å². The number of halogens is 1. The number of hydrogen-bond donors (Lipinski definition) is 2. The van der Waals surface area contributed by atoms with Gasteiger partial charge in [0.25, 0.3) is 5.91 Å². The molecule has 0 aliphatic carbocycles. The van der Waals surface area contributed by atoms with E-state index in [2.05, 4.69) is 15.5 Å². The van der Waals surface area contributed by atoms with Gasteiger partial charge in [0, 0.05) is 12.6 Å². The fourth-order valence-corrected chi connectivity index (χ4v) is 1.39. The second kappa shape index (κ2) is 4.82. The van der Waals surface area contributed by atoms with E-state index in [1.807, 2.05) is 0 Å². The number of carbonyl (C=O) groups is 1. The first-order valence-electron chi connectivity index (χ1n) is 5.18. The SMILES string of the molecule is Cc1nc(CNC(=O)c2cc(F)ccc2N)no1. The van der Waals surface area contributed by atoms with Crippen molar-refractivity contribution in [1.82, 2.24) is 15.5 Å². The van der Waals surface area contributed by atoms with Crippen molar-refractivity contribution in [2.24, 2.45) is 0 Å². The van der Waals surface area contributed by atoms with Gasteiger partial charge in [-0.25, -0.2) is 4.39 Å². The number of amides is 1. The van der Waals surface area contributed by atoms with Gasteiger partial charge in [0.1, 0.15) is 5.82 Å². The molecule has 0 saturated heterocycles. The molecule has 0 aliphatic heterocycles. The van der Waals surface area contributed by atoms with Crippen molar-refractivity contribution in [2.75, 3.05) is 5.73 Å². The number of rotatable bonds is 3. The zero-order valence-corrected chi connectivity index (χ0v) is 9.61. The molecule has 18 heavy (non-hydrogen) atoms. The van der Waals surface area contributed by atoms with Crippen molar-refractivity contribution in [3.8, 4) is 0 Å². The lowest BCUT2D eigenvalue weighted by Gasteiger charge is -2.05. The molecule has 1 amide bonds. The van der Waals surface area contributed by atoms with Crippen LogP contribution in [0.1, 0.15) is 22.1 Å². The maximum absolute atomic E-state index is 13.0. The standard InChI is InChI=1S/C11H11FN4O2/c1-6-15-10(16-18-6)5-14-11(17)8-4-7(12)2-3-9(8)13/h2-4H,5,13H2,1H3,(H,14,17). The predicted octanol–water partition coefficient (Wildman–Crippen LogP) is 1.03. The first-order chi connectivity index (χ1) is 8.56. The highest BCUT2D eigenvalue weighted by Crippen LogP contribution is 2.13. The molecule has 3 N–H and O–H groups in total. The molecular formula is C11H11FN4O2. The van der Waals surface area contributed by atoms with Crippen LogP contribution in [0.5, 0.6) is 0 Å². The van der Waals surface area contributed by atoms with Gasteiger partial charge in [0.15, 0.2) is 5.82 Å². The van der Waals surface area contributed by atoms with Crippen LogP contribution in [0.2, 0.25) is 0 Å². The molecule has 0 fully saturated rings. The van der Waals surface area contributed by atoms with Crippen LogP contribution < -0.4 is 11.1 Å². The number of nitrogen functional groups attached to an aromatic ring is 1. The number of benzene rings is 1. The molecule has 0 radical (unpaired) electrons. The summed E-state index contributed by atoms with van der Waals surface area (Å²) in [6, 6.07) is 3.60. The number of anilines is 1. The number of hydrogen-bond acceptors (Lipinski definition) is 5. The Morgan fingerprint density at radius 2 is 2.33 bits per heavy atom. The van der Waals surface area contributed by atoms with Crippen molar-refractivity contribution >= 4 is 11.6 Å². The van der Waals surface area contributed by atoms with Crippen molar-refractivity contribution in [3.63, 3.8) is 0 Å². The maximum atomic E-state index is 13.0. The molecule has 0 spiro atoms. The van der Waals surface area contributed by atoms with E-state index >= 15 is 0 Å². The molecule has 0 aliphatic rings. The van der Waals surface area contributed by atoms with Crippen molar-refractivity contribution in [1.29, 1.82) is 0 Å². The van der Waals surface area contributed by atoms with Gasteiger partial charge in [-0.3, -0.25) is 4.79 Å². The zero-order valence-electron chi connectivity index (χ0n) is 9.61. The average Bonchev–Trinajstić information content (AvgIpc) is 2.75. The van der Waals surface area contributed by atoms with Crippen molar-refractivity contribution < 1.29 is 13.7 Å². The summed E-state index contributed by atoms with van der Waals surface area (Å²) >= 11 is 0. The second-order valence-electron chi connectivity index (χ2n) is 3.64. The molecule has 0 bridgehead atoms. The minimum Gasteiger partial charge on any atom is -0.398 e. The highest BCUT2D eigenvalue weighted by atomic mass is 19.1. The van der Waals surface area contributed by atoms with E-state index in [1.165, 1.54) is 12.1 Å². The Hall–Kier alpha value is -2.44. The Bertz CT molecular complexity index is 582. The van der Waals surface area contributed by atoms with Crippen LogP contribution in [0.25, 0.3) is 0 Å². The number of aryl methyl sites for hydroxylation is 1. The van der Waals surface area contributed by atoms with Crippen LogP contribution in [0, 0.1) is 12.7 Å². The summed E-state index contributed by atoms with van der Waals surface area (Å²) < 4.78 is 17.7. The third-order valence-electron chi connectivity index (χ3n) is 2.24. The van der Waals surface area contributed by atoms with E-state index in [-0.39, 0.29) is 17.8 Å². The largest absolute Gasteiger partial charge is 0.398 e. The van der Waals surface area contributed by atoms with E-state index in [0.717, 1.165) is 6.07 Å². The highest BCUT2D eigenvalue weighted by Gasteiger charge is 2.11. The molecule has 1 heterocycles. The monoisotopic (exact) mass is 250 g/mol. The van der Waals surface area contributed by atoms with Crippen LogP contribution in [-0.2, 0) is 6.54 Å². The fraction of sp³-hybridized carbons (Fsp3) is 0.182. The van der Waals surface area contributed by atoms with Gasteiger partial charge in [-0.1, -0.05) is 5.16 Å². The Morgan fingerprint density at radius 3 is 3.00 bits per heavy atom. The van der Waals surface area contributed by atoms with Crippen LogP contribution in [0.4, 0.5) is 10.1 Å². The molecule has 7 heteroatoms. The minimum absolute atomic E-state index is 0.0789. The second-order valence-corrected chi connectivity index (χ2v) is 3.64. The minimum atomic E-state index is -0.523. The van der Waals surface area contributed by atoms with Gasteiger partial charge in [-0.05, 0) is 18.2 Å². The van der Waals surface area contributed by atoms with Crippen molar-refractivity contribution in [3.05, 3.63) is 41.3 Å². The van der Waals surface area contributed by atoms with E-state index in [9.17, 15) is 9.18 Å². The molecule has 0 atom stereocenters. The Morgan fingerprint density at radius 1 is 1.56 bits per heavy atom. The van der Waals surface area contributed by atoms with Crippen LogP contribution in [0.3, 0.4) is 0 Å². The third-order valence-corrected chi connectivity index (χ3v) is 2.24. The number of nitrogens with one attached hydrogen (secondary N) is 1. The van der Waals surface area contributed by atoms with Gasteiger partial charge in [-0.2, -0.15) is 4.98 Å². The van der Waals surface area contributed by atoms with E-state index in [0.29, 0.717) is 11.7 Å². The van der Waals surface area contributed by atoms with Gasteiger partial charge in [0.05, 0.1) is 12.1 Å². The summed E-state index contributed by atoms with van der Waals surface area (Å²) in [6.45, 7) is 1.73. The lowest BCUT2D eigenvalue weighted by molar-refractivity contribution is 0.0950. The normalized spacial score (nSPS) is 10.3. The van der Waals surface area contributed by atoms with E-state index in [4.69, 9.17) is 10.3 Å². The average molecular weight is 250 g/mol. The summed E-state index contributed by atoms with van der Waals surface area (Å²) in [6.07, 6.45) is 0. The Balaban J connectivity index is 2.05. The fourth-order valence-electron chi connectivity index (χ4n) is 1.39. The van der Waals surface area contributed by atoms with Gasteiger partial charge in [0.2, 0.25) is 5.89 Å². The van der Waals surface area contributed by atoms with Gasteiger partial charge < -0.3 is 15.6 Å². The van der Waals surface area contributed by atoms with Crippen LogP contribution >= 0.6 is 0 Å². The van der Waals surface area contributed by atoms with Crippen molar-refractivity contribution in [2.45, 2.75) is 13.5 Å². The molecule has 1 aromatic carbocycles. The molecule has 2 aromatic rings. The number of nitrogens with zero attached hydrogens (tertiary/aromatic N) is 2. The van der Waals surface area contributed by atoms with Gasteiger partial charge >= 0.3 is 0 Å². The zero-order chi connectivity index (χ0) is 13.1. The Labute approximate surface area is 102 Å². The third kappa shape index (κ3) is 2.62. The highest BCUT2D eigenvalue weighted by molar-refractivity contribution is 5.99. The summed E-state index contributed by atoms with van der Waals surface area (Å²) in [7, 11) is 0. The van der Waals surface area contributed by atoms with E-state index in [1.54, 1.807) is 6.92 Å². The number of aromatic nitrogens is 2. The number of carbonyl (C=O) groups excluding carboxylic acids is 1. The number of nitrogens with two attached hydrogens (primary N) is 1. The Kier molecular flexibility index (Phi) is 3.22. The molecule has 0 saturated carbocycles. The first-order valence-corrected chi connectivity index (χ1v) is 5.18. The first kappa shape index (κ1) is 12.0. The smallest absolute Gasteiger partial charge is 0.253 e. The molecule has 0 unspecified atom stereocenters. The quantitative estimate of drug-likeness (QED) is 0.793. The maximum Gasteiger partial charge on any atom is 0.253 e. The van der Waals surface area contributed by atoms with E-state index < -0.39 is 11.7 Å². The lowest BCUT2D eigenvalue weighted by Crippen LogP contribution is -2.24. The molecular weight excluding hydrogens is 239 g/mol.